The molecule has 0 unspecified atom stereocenters. The van der Waals surface area contributed by atoms with E-state index in [0.29, 0.717) is 18.1 Å². The van der Waals surface area contributed by atoms with Crippen LogP contribution < -0.4 is 18.9 Å². The van der Waals surface area contributed by atoms with Gasteiger partial charge >= 0.3 is 0 Å². The van der Waals surface area contributed by atoms with Crippen molar-refractivity contribution in [1.82, 2.24) is 4.98 Å². The van der Waals surface area contributed by atoms with Gasteiger partial charge in [-0.3, -0.25) is 0 Å². The molecule has 28 heavy (non-hydrogen) atoms. The zero-order valence-corrected chi connectivity index (χ0v) is 17.2. The minimum atomic E-state index is 0.588. The molecule has 6 heteroatoms. The molecular weight excluding hydrogens is 374 g/mol. The highest BCUT2D eigenvalue weighted by Crippen LogP contribution is 2.34. The molecule has 1 heterocycles. The summed E-state index contributed by atoms with van der Waals surface area (Å²) in [6.07, 6.45) is 3.96. The first-order chi connectivity index (χ1) is 13.7. The second kappa shape index (κ2) is 9.28. The van der Waals surface area contributed by atoms with E-state index in [-0.39, 0.29) is 0 Å². The molecule has 0 spiro atoms. The summed E-state index contributed by atoms with van der Waals surface area (Å²) in [7, 11) is 4.90. The van der Waals surface area contributed by atoms with Crippen LogP contribution in [0.5, 0.6) is 23.0 Å². The van der Waals surface area contributed by atoms with Crippen molar-refractivity contribution >= 4 is 23.5 Å². The van der Waals surface area contributed by atoms with Crippen LogP contribution in [0.2, 0.25) is 0 Å². The third-order valence-electron chi connectivity index (χ3n) is 4.12. The van der Waals surface area contributed by atoms with Crippen molar-refractivity contribution in [3.8, 4) is 34.3 Å². The van der Waals surface area contributed by atoms with Gasteiger partial charge in [-0.25, -0.2) is 4.98 Å². The van der Waals surface area contributed by atoms with Crippen LogP contribution in [-0.2, 0) is 0 Å². The third-order valence-corrected chi connectivity index (χ3v) is 4.93. The van der Waals surface area contributed by atoms with Crippen molar-refractivity contribution in [2.75, 3.05) is 27.9 Å². The standard InChI is InChI=1S/C22H23NO4S/c1-5-27-19-8-6-7-15(22(19)26-4)10-12-21-23-17(14-28-21)16-9-11-18(24-2)20(13-16)25-3/h6-14H,5H2,1-4H3/b12-10+. The van der Waals surface area contributed by atoms with Gasteiger partial charge in [0.15, 0.2) is 23.0 Å². The van der Waals surface area contributed by atoms with Crippen molar-refractivity contribution in [2.45, 2.75) is 6.92 Å². The van der Waals surface area contributed by atoms with Crippen LogP contribution in [0.3, 0.4) is 0 Å². The number of hydrogen-bond acceptors (Lipinski definition) is 6. The van der Waals surface area contributed by atoms with Gasteiger partial charge in [0.1, 0.15) is 5.01 Å². The van der Waals surface area contributed by atoms with E-state index in [1.165, 1.54) is 0 Å². The summed E-state index contributed by atoms with van der Waals surface area (Å²) in [6, 6.07) is 11.6. The van der Waals surface area contributed by atoms with E-state index in [4.69, 9.17) is 23.9 Å². The number of rotatable bonds is 8. The van der Waals surface area contributed by atoms with Crippen LogP contribution in [0.4, 0.5) is 0 Å². The summed E-state index contributed by atoms with van der Waals surface area (Å²) < 4.78 is 21.8. The van der Waals surface area contributed by atoms with Crippen LogP contribution in [0.25, 0.3) is 23.4 Å². The number of thiazole rings is 1. The zero-order valence-electron chi connectivity index (χ0n) is 16.4. The highest BCUT2D eigenvalue weighted by Gasteiger charge is 2.10. The zero-order chi connectivity index (χ0) is 19.9. The molecular formula is C22H23NO4S. The summed E-state index contributed by atoms with van der Waals surface area (Å²) in [6.45, 7) is 2.54. The Kier molecular flexibility index (Phi) is 6.55. The first kappa shape index (κ1) is 19.8. The fraction of sp³-hybridized carbons (Fsp3) is 0.227. The predicted molar refractivity (Wildman–Crippen MR) is 114 cm³/mol. The van der Waals surface area contributed by atoms with Crippen LogP contribution in [0, 0.1) is 0 Å². The van der Waals surface area contributed by atoms with Gasteiger partial charge in [-0.05, 0) is 43.3 Å². The largest absolute Gasteiger partial charge is 0.493 e. The minimum absolute atomic E-state index is 0.588. The summed E-state index contributed by atoms with van der Waals surface area (Å²) >= 11 is 1.57. The van der Waals surface area contributed by atoms with Crippen LogP contribution in [-0.4, -0.2) is 32.9 Å². The van der Waals surface area contributed by atoms with E-state index in [1.807, 2.05) is 60.9 Å². The first-order valence-electron chi connectivity index (χ1n) is 8.86. The van der Waals surface area contributed by atoms with E-state index in [2.05, 4.69) is 0 Å². The number of benzene rings is 2. The maximum atomic E-state index is 5.63. The molecule has 0 fully saturated rings. The molecule has 0 N–H and O–H groups in total. The van der Waals surface area contributed by atoms with Gasteiger partial charge in [0.25, 0.3) is 0 Å². The first-order valence-corrected chi connectivity index (χ1v) is 9.74. The topological polar surface area (TPSA) is 49.8 Å². The lowest BCUT2D eigenvalue weighted by Gasteiger charge is -2.11. The molecule has 0 radical (unpaired) electrons. The molecule has 0 aliphatic rings. The lowest BCUT2D eigenvalue weighted by atomic mass is 10.1. The molecule has 1 aromatic heterocycles. The Morgan fingerprint density at radius 3 is 2.46 bits per heavy atom. The highest BCUT2D eigenvalue weighted by molar-refractivity contribution is 7.10. The van der Waals surface area contributed by atoms with Gasteiger partial charge in [0, 0.05) is 16.5 Å². The number of ether oxygens (including phenoxy) is 4. The molecule has 0 atom stereocenters. The van der Waals surface area contributed by atoms with Crippen LogP contribution in [0.15, 0.2) is 41.8 Å². The Hall–Kier alpha value is -2.99. The summed E-state index contributed by atoms with van der Waals surface area (Å²) in [4.78, 5) is 4.70. The Balaban J connectivity index is 1.85. The van der Waals surface area contributed by atoms with Crippen LogP contribution in [0.1, 0.15) is 17.5 Å². The number of methoxy groups -OCH3 is 3. The molecule has 0 aliphatic heterocycles. The molecule has 5 nitrogen and oxygen atoms in total. The highest BCUT2D eigenvalue weighted by atomic mass is 32.1. The maximum absolute atomic E-state index is 5.63. The SMILES string of the molecule is CCOc1cccc(/C=C/c2nc(-c3ccc(OC)c(OC)c3)cs2)c1OC. The monoisotopic (exact) mass is 397 g/mol. The van der Waals surface area contributed by atoms with Crippen molar-refractivity contribution in [3.05, 3.63) is 52.3 Å². The van der Waals surface area contributed by atoms with Crippen molar-refractivity contribution < 1.29 is 18.9 Å². The quantitative estimate of drug-likeness (QED) is 0.509. The second-order valence-corrected chi connectivity index (χ2v) is 6.68. The van der Waals surface area contributed by atoms with Crippen molar-refractivity contribution in [2.24, 2.45) is 0 Å². The van der Waals surface area contributed by atoms with E-state index < -0.39 is 0 Å². The van der Waals surface area contributed by atoms with Crippen LogP contribution >= 0.6 is 11.3 Å². The van der Waals surface area contributed by atoms with Gasteiger partial charge in [0.05, 0.1) is 33.6 Å². The van der Waals surface area contributed by atoms with Gasteiger partial charge in [0.2, 0.25) is 0 Å². The molecule has 0 amide bonds. The van der Waals surface area contributed by atoms with Gasteiger partial charge in [-0.15, -0.1) is 11.3 Å². The smallest absolute Gasteiger partial charge is 0.167 e. The summed E-state index contributed by atoms with van der Waals surface area (Å²) in [5, 5.41) is 2.92. The lowest BCUT2D eigenvalue weighted by molar-refractivity contribution is 0.310. The Morgan fingerprint density at radius 1 is 0.929 bits per heavy atom. The fourth-order valence-electron chi connectivity index (χ4n) is 2.81. The average Bonchev–Trinajstić information content (AvgIpc) is 3.21. The minimum Gasteiger partial charge on any atom is -0.493 e. The predicted octanol–water partition coefficient (Wildman–Crippen LogP) is 5.41. The Labute approximate surface area is 169 Å². The van der Waals surface area contributed by atoms with E-state index in [0.717, 1.165) is 33.3 Å². The van der Waals surface area contributed by atoms with Gasteiger partial charge in [-0.2, -0.15) is 0 Å². The fourth-order valence-corrected chi connectivity index (χ4v) is 3.52. The molecule has 2 aromatic carbocycles. The molecule has 0 aliphatic carbocycles. The number of hydrogen-bond donors (Lipinski definition) is 0. The van der Waals surface area contributed by atoms with Crippen molar-refractivity contribution in [3.63, 3.8) is 0 Å². The molecule has 0 saturated carbocycles. The lowest BCUT2D eigenvalue weighted by Crippen LogP contribution is -1.96. The average molecular weight is 397 g/mol. The second-order valence-electron chi connectivity index (χ2n) is 5.79. The van der Waals surface area contributed by atoms with Crippen molar-refractivity contribution in [1.29, 1.82) is 0 Å². The third kappa shape index (κ3) is 4.28. The molecule has 3 aromatic rings. The molecule has 3 rings (SSSR count). The van der Waals surface area contributed by atoms with E-state index in [9.17, 15) is 0 Å². The van der Waals surface area contributed by atoms with Gasteiger partial charge in [-0.1, -0.05) is 12.1 Å². The molecule has 0 bridgehead atoms. The molecule has 0 saturated heterocycles. The molecule has 146 valence electrons. The number of aromatic nitrogens is 1. The van der Waals surface area contributed by atoms with Gasteiger partial charge < -0.3 is 18.9 Å². The number of nitrogens with zero attached hydrogens (tertiary/aromatic N) is 1. The summed E-state index contributed by atoms with van der Waals surface area (Å²) in [5.41, 5.74) is 2.81. The normalized spacial score (nSPS) is 10.9. The Bertz CT molecular complexity index is 965. The Morgan fingerprint density at radius 2 is 1.75 bits per heavy atom. The maximum Gasteiger partial charge on any atom is 0.167 e. The van der Waals surface area contributed by atoms with E-state index >= 15 is 0 Å². The summed E-state index contributed by atoms with van der Waals surface area (Å²) in [5.74, 6) is 2.83. The number of para-hydroxylation sites is 1. The van der Waals surface area contributed by atoms with E-state index in [1.54, 1.807) is 32.7 Å².